The SMILES string of the molecule is COCC(N)C(=O)NC1CCCC(C(=O)O)C1. The van der Waals surface area contributed by atoms with Gasteiger partial charge in [-0.05, 0) is 19.3 Å². The molecule has 0 saturated heterocycles. The monoisotopic (exact) mass is 244 g/mol. The number of nitrogens with two attached hydrogens (primary N) is 1. The number of amides is 1. The lowest BCUT2D eigenvalue weighted by molar-refractivity contribution is -0.143. The Hall–Kier alpha value is -1.14. The van der Waals surface area contributed by atoms with Gasteiger partial charge in [0.15, 0.2) is 0 Å². The van der Waals surface area contributed by atoms with Gasteiger partial charge in [0, 0.05) is 13.2 Å². The van der Waals surface area contributed by atoms with Crippen LogP contribution in [0.15, 0.2) is 0 Å². The highest BCUT2D eigenvalue weighted by molar-refractivity contribution is 5.82. The number of hydrogen-bond acceptors (Lipinski definition) is 4. The minimum Gasteiger partial charge on any atom is -0.481 e. The molecule has 1 saturated carbocycles. The first-order chi connectivity index (χ1) is 8.04. The molecule has 0 spiro atoms. The molecule has 1 aliphatic rings. The Morgan fingerprint density at radius 3 is 2.82 bits per heavy atom. The highest BCUT2D eigenvalue weighted by Crippen LogP contribution is 2.24. The molecule has 1 fully saturated rings. The molecule has 1 aliphatic carbocycles. The van der Waals surface area contributed by atoms with E-state index < -0.39 is 12.0 Å². The van der Waals surface area contributed by atoms with Crippen LogP contribution in [0.4, 0.5) is 0 Å². The Bertz CT molecular complexity index is 283. The fourth-order valence-electron chi connectivity index (χ4n) is 2.11. The van der Waals surface area contributed by atoms with E-state index in [9.17, 15) is 9.59 Å². The summed E-state index contributed by atoms with van der Waals surface area (Å²) in [6.07, 6.45) is 2.81. The summed E-state index contributed by atoms with van der Waals surface area (Å²) in [6, 6.07) is -0.773. The molecule has 0 aromatic carbocycles. The van der Waals surface area contributed by atoms with Gasteiger partial charge >= 0.3 is 5.97 Å². The number of aliphatic carboxylic acids is 1. The molecular weight excluding hydrogens is 224 g/mol. The van der Waals surface area contributed by atoms with Crippen molar-refractivity contribution in [3.63, 3.8) is 0 Å². The van der Waals surface area contributed by atoms with E-state index in [4.69, 9.17) is 15.6 Å². The van der Waals surface area contributed by atoms with E-state index in [0.717, 1.165) is 12.8 Å². The van der Waals surface area contributed by atoms with Gasteiger partial charge in [-0.2, -0.15) is 0 Å². The fraction of sp³-hybridized carbons (Fsp3) is 0.818. The van der Waals surface area contributed by atoms with E-state index in [1.54, 1.807) is 0 Å². The average Bonchev–Trinajstić information content (AvgIpc) is 2.29. The van der Waals surface area contributed by atoms with Gasteiger partial charge in [-0.25, -0.2) is 0 Å². The highest BCUT2D eigenvalue weighted by Gasteiger charge is 2.28. The van der Waals surface area contributed by atoms with Gasteiger partial charge in [0.2, 0.25) is 5.91 Å². The number of carboxylic acid groups (broad SMARTS) is 1. The first-order valence-corrected chi connectivity index (χ1v) is 5.82. The molecule has 6 nitrogen and oxygen atoms in total. The molecule has 1 rings (SSSR count). The summed E-state index contributed by atoms with van der Waals surface area (Å²) in [4.78, 5) is 22.5. The van der Waals surface area contributed by atoms with Crippen molar-refractivity contribution < 1.29 is 19.4 Å². The van der Waals surface area contributed by atoms with Gasteiger partial charge < -0.3 is 20.9 Å². The number of methoxy groups -OCH3 is 1. The quantitative estimate of drug-likeness (QED) is 0.617. The van der Waals surface area contributed by atoms with Gasteiger partial charge in [-0.15, -0.1) is 0 Å². The van der Waals surface area contributed by atoms with Gasteiger partial charge in [0.25, 0.3) is 0 Å². The number of nitrogens with one attached hydrogen (secondary N) is 1. The van der Waals surface area contributed by atoms with E-state index in [1.165, 1.54) is 7.11 Å². The van der Waals surface area contributed by atoms with Crippen LogP contribution in [0, 0.1) is 5.92 Å². The van der Waals surface area contributed by atoms with Crippen LogP contribution >= 0.6 is 0 Å². The van der Waals surface area contributed by atoms with Crippen LogP contribution in [0.2, 0.25) is 0 Å². The molecule has 17 heavy (non-hydrogen) atoms. The Morgan fingerprint density at radius 2 is 2.24 bits per heavy atom. The highest BCUT2D eigenvalue weighted by atomic mass is 16.5. The Kier molecular flexibility index (Phi) is 5.37. The Morgan fingerprint density at radius 1 is 1.53 bits per heavy atom. The van der Waals surface area contributed by atoms with Crippen LogP contribution in [0.5, 0.6) is 0 Å². The molecule has 0 heterocycles. The summed E-state index contributed by atoms with van der Waals surface area (Å²) in [5.41, 5.74) is 5.59. The van der Waals surface area contributed by atoms with Crippen molar-refractivity contribution in [2.75, 3.05) is 13.7 Å². The zero-order chi connectivity index (χ0) is 12.8. The van der Waals surface area contributed by atoms with Crippen molar-refractivity contribution in [3.8, 4) is 0 Å². The van der Waals surface area contributed by atoms with Crippen molar-refractivity contribution in [1.82, 2.24) is 5.32 Å². The van der Waals surface area contributed by atoms with E-state index in [1.807, 2.05) is 0 Å². The van der Waals surface area contributed by atoms with Crippen LogP contribution < -0.4 is 11.1 Å². The second-order valence-electron chi connectivity index (χ2n) is 4.47. The van der Waals surface area contributed by atoms with Crippen LogP contribution in [-0.4, -0.2) is 42.8 Å². The summed E-state index contributed by atoms with van der Waals surface area (Å²) >= 11 is 0. The van der Waals surface area contributed by atoms with Crippen molar-refractivity contribution in [2.45, 2.75) is 37.8 Å². The number of carboxylic acids is 1. The van der Waals surface area contributed by atoms with E-state index in [-0.39, 0.29) is 24.5 Å². The predicted octanol–water partition coefficient (Wildman–Crippen LogP) is -0.280. The second-order valence-corrected chi connectivity index (χ2v) is 4.47. The maximum atomic E-state index is 11.6. The van der Waals surface area contributed by atoms with E-state index in [0.29, 0.717) is 12.8 Å². The zero-order valence-electron chi connectivity index (χ0n) is 10.0. The van der Waals surface area contributed by atoms with E-state index in [2.05, 4.69) is 5.32 Å². The molecule has 3 atom stereocenters. The number of rotatable bonds is 5. The average molecular weight is 244 g/mol. The summed E-state index contributed by atoms with van der Waals surface area (Å²) in [7, 11) is 1.48. The van der Waals surface area contributed by atoms with Crippen molar-refractivity contribution in [1.29, 1.82) is 0 Å². The number of carbonyl (C=O) groups excluding carboxylic acids is 1. The summed E-state index contributed by atoms with van der Waals surface area (Å²) in [5.74, 6) is -1.42. The van der Waals surface area contributed by atoms with Crippen molar-refractivity contribution >= 4 is 11.9 Å². The zero-order valence-corrected chi connectivity index (χ0v) is 10.0. The minimum absolute atomic E-state index is 0.0831. The lowest BCUT2D eigenvalue weighted by Gasteiger charge is -2.28. The fourth-order valence-corrected chi connectivity index (χ4v) is 2.11. The first kappa shape index (κ1) is 13.9. The molecule has 6 heteroatoms. The number of hydrogen-bond donors (Lipinski definition) is 3. The number of carbonyl (C=O) groups is 2. The van der Waals surface area contributed by atoms with E-state index >= 15 is 0 Å². The maximum Gasteiger partial charge on any atom is 0.306 e. The third-order valence-electron chi connectivity index (χ3n) is 3.05. The summed E-state index contributed by atoms with van der Waals surface area (Å²) < 4.78 is 4.79. The topological polar surface area (TPSA) is 102 Å². The van der Waals surface area contributed by atoms with Crippen molar-refractivity contribution in [3.05, 3.63) is 0 Å². The molecule has 0 bridgehead atoms. The van der Waals surface area contributed by atoms with Crippen LogP contribution in [0.1, 0.15) is 25.7 Å². The van der Waals surface area contributed by atoms with Gasteiger partial charge in [-0.1, -0.05) is 6.42 Å². The molecule has 0 radical (unpaired) electrons. The molecular formula is C11H20N2O4. The maximum absolute atomic E-state index is 11.6. The second kappa shape index (κ2) is 6.56. The van der Waals surface area contributed by atoms with Gasteiger partial charge in [0.1, 0.15) is 6.04 Å². The summed E-state index contributed by atoms with van der Waals surface area (Å²) in [6.45, 7) is 0.168. The molecule has 0 aliphatic heterocycles. The lowest BCUT2D eigenvalue weighted by atomic mass is 9.85. The van der Waals surface area contributed by atoms with Crippen molar-refractivity contribution in [2.24, 2.45) is 11.7 Å². The lowest BCUT2D eigenvalue weighted by Crippen LogP contribution is -2.49. The Balaban J connectivity index is 2.40. The predicted molar refractivity (Wildman–Crippen MR) is 61.4 cm³/mol. The molecule has 0 aromatic rings. The summed E-state index contributed by atoms with van der Waals surface area (Å²) in [5, 5.41) is 11.7. The molecule has 3 unspecified atom stereocenters. The third-order valence-corrected chi connectivity index (χ3v) is 3.05. The molecule has 4 N–H and O–H groups in total. The normalized spacial score (nSPS) is 26.2. The largest absolute Gasteiger partial charge is 0.481 e. The third kappa shape index (κ3) is 4.32. The Labute approximate surface area is 101 Å². The first-order valence-electron chi connectivity index (χ1n) is 5.82. The molecule has 1 amide bonds. The molecule has 98 valence electrons. The van der Waals surface area contributed by atoms with Crippen LogP contribution in [-0.2, 0) is 14.3 Å². The smallest absolute Gasteiger partial charge is 0.306 e. The standard InChI is InChI=1S/C11H20N2O4/c1-17-6-9(12)10(14)13-8-4-2-3-7(5-8)11(15)16/h7-9H,2-6,12H2,1H3,(H,13,14)(H,15,16). The number of ether oxygens (including phenoxy) is 1. The van der Waals surface area contributed by atoms with Crippen LogP contribution in [0.3, 0.4) is 0 Å². The molecule has 0 aromatic heterocycles. The van der Waals surface area contributed by atoms with Gasteiger partial charge in [0.05, 0.1) is 12.5 Å². The van der Waals surface area contributed by atoms with Gasteiger partial charge in [-0.3, -0.25) is 9.59 Å². The minimum atomic E-state index is -0.787. The van der Waals surface area contributed by atoms with Crippen LogP contribution in [0.25, 0.3) is 0 Å².